The number of hydrogen-bond donors (Lipinski definition) is 1. The van der Waals surface area contributed by atoms with Gasteiger partial charge in [-0.05, 0) is 35.6 Å². The highest BCUT2D eigenvalue weighted by Crippen LogP contribution is 2.44. The van der Waals surface area contributed by atoms with Crippen LogP contribution in [0.3, 0.4) is 0 Å². The van der Waals surface area contributed by atoms with Gasteiger partial charge in [0.1, 0.15) is 6.61 Å². The van der Waals surface area contributed by atoms with E-state index in [4.69, 9.17) is 9.47 Å². The van der Waals surface area contributed by atoms with Crippen molar-refractivity contribution in [3.63, 3.8) is 0 Å². The Morgan fingerprint density at radius 1 is 1.00 bits per heavy atom. The molecule has 0 aromatic heterocycles. The van der Waals surface area contributed by atoms with Gasteiger partial charge >= 0.3 is 12.1 Å². The first-order chi connectivity index (χ1) is 13.7. The lowest BCUT2D eigenvalue weighted by molar-refractivity contribution is -0.148. The minimum Gasteiger partial charge on any atom is -0.466 e. The number of amides is 1. The van der Waals surface area contributed by atoms with Crippen molar-refractivity contribution in [3.8, 4) is 11.1 Å². The third-order valence-corrected chi connectivity index (χ3v) is 5.38. The summed E-state index contributed by atoms with van der Waals surface area (Å²) in [5, 5.41) is 2.79. The fourth-order valence-electron chi connectivity index (χ4n) is 4.07. The van der Waals surface area contributed by atoms with E-state index in [1.807, 2.05) is 36.4 Å². The van der Waals surface area contributed by atoms with Crippen LogP contribution in [0.5, 0.6) is 0 Å². The highest BCUT2D eigenvalue weighted by molar-refractivity contribution is 5.79. The predicted molar refractivity (Wildman–Crippen MR) is 106 cm³/mol. The van der Waals surface area contributed by atoms with Crippen molar-refractivity contribution < 1.29 is 19.1 Å². The third-order valence-electron chi connectivity index (χ3n) is 5.38. The molecule has 0 saturated carbocycles. The van der Waals surface area contributed by atoms with Gasteiger partial charge in [0, 0.05) is 5.92 Å². The van der Waals surface area contributed by atoms with Crippen LogP contribution >= 0.6 is 0 Å². The molecule has 0 unspecified atom stereocenters. The van der Waals surface area contributed by atoms with Crippen molar-refractivity contribution in [1.29, 1.82) is 0 Å². The molecule has 2 aromatic rings. The Hall–Kier alpha value is -3.08. The monoisotopic (exact) mass is 377 g/mol. The molecule has 0 saturated heterocycles. The van der Waals surface area contributed by atoms with Gasteiger partial charge in [0.15, 0.2) is 0 Å². The topological polar surface area (TPSA) is 64.6 Å². The van der Waals surface area contributed by atoms with E-state index in [0.29, 0.717) is 13.0 Å². The number of esters is 1. The zero-order valence-corrected chi connectivity index (χ0v) is 15.8. The number of carbonyl (C=O) groups excluding carboxylic acids is 2. The van der Waals surface area contributed by atoms with E-state index in [-0.39, 0.29) is 24.4 Å². The summed E-state index contributed by atoms with van der Waals surface area (Å²) in [6.07, 6.45) is 3.75. The molecule has 28 heavy (non-hydrogen) atoms. The fourth-order valence-corrected chi connectivity index (χ4v) is 4.07. The lowest BCUT2D eigenvalue weighted by Crippen LogP contribution is -2.41. The molecule has 2 aliphatic carbocycles. The van der Waals surface area contributed by atoms with Crippen LogP contribution in [0.4, 0.5) is 4.79 Å². The first-order valence-electron chi connectivity index (χ1n) is 9.64. The molecule has 0 spiro atoms. The van der Waals surface area contributed by atoms with Gasteiger partial charge in [0.05, 0.1) is 18.6 Å². The van der Waals surface area contributed by atoms with E-state index < -0.39 is 12.1 Å². The Kier molecular flexibility index (Phi) is 5.15. The van der Waals surface area contributed by atoms with E-state index >= 15 is 0 Å². The summed E-state index contributed by atoms with van der Waals surface area (Å²) in [5.74, 6) is -0.671. The summed E-state index contributed by atoms with van der Waals surface area (Å²) in [4.78, 5) is 24.4. The van der Waals surface area contributed by atoms with Crippen molar-refractivity contribution in [2.75, 3.05) is 13.2 Å². The lowest BCUT2D eigenvalue weighted by atomic mass is 9.98. The molecule has 0 radical (unpaired) electrons. The molecule has 0 heterocycles. The van der Waals surface area contributed by atoms with Crippen molar-refractivity contribution >= 4 is 12.1 Å². The van der Waals surface area contributed by atoms with Crippen LogP contribution in [0.1, 0.15) is 30.4 Å². The molecule has 2 aliphatic rings. The molecule has 2 atom stereocenters. The lowest BCUT2D eigenvalue weighted by Gasteiger charge is -2.20. The quantitative estimate of drug-likeness (QED) is 0.631. The Morgan fingerprint density at radius 2 is 1.64 bits per heavy atom. The maximum Gasteiger partial charge on any atom is 0.407 e. The Morgan fingerprint density at radius 3 is 2.29 bits per heavy atom. The van der Waals surface area contributed by atoms with Crippen LogP contribution in [0.15, 0.2) is 60.7 Å². The minimum atomic E-state index is -0.521. The van der Waals surface area contributed by atoms with Gasteiger partial charge in [-0.25, -0.2) is 4.79 Å². The van der Waals surface area contributed by atoms with E-state index in [9.17, 15) is 9.59 Å². The minimum absolute atomic E-state index is 0.0122. The molecular weight excluding hydrogens is 354 g/mol. The van der Waals surface area contributed by atoms with Gasteiger partial charge in [0.25, 0.3) is 0 Å². The van der Waals surface area contributed by atoms with Crippen LogP contribution in [-0.2, 0) is 14.3 Å². The Labute approximate surface area is 164 Å². The first-order valence-corrected chi connectivity index (χ1v) is 9.64. The summed E-state index contributed by atoms with van der Waals surface area (Å²) in [7, 11) is 0. The first kappa shape index (κ1) is 18.3. The van der Waals surface area contributed by atoms with E-state index in [2.05, 4.69) is 29.6 Å². The third kappa shape index (κ3) is 3.40. The van der Waals surface area contributed by atoms with Crippen LogP contribution in [0.25, 0.3) is 11.1 Å². The number of allylic oxidation sites excluding steroid dienone is 1. The fraction of sp³-hybridized carbons (Fsp3) is 0.304. The van der Waals surface area contributed by atoms with Gasteiger partial charge in [0.2, 0.25) is 0 Å². The van der Waals surface area contributed by atoms with Crippen LogP contribution in [0, 0.1) is 5.92 Å². The Bertz CT molecular complexity index is 875. The number of benzene rings is 2. The molecule has 5 heteroatoms. The molecule has 4 rings (SSSR count). The number of fused-ring (bicyclic) bond motifs is 3. The predicted octanol–water partition coefficient (Wildman–Crippen LogP) is 4.03. The molecule has 2 aromatic carbocycles. The molecule has 1 amide bonds. The maximum atomic E-state index is 12.4. The number of rotatable bonds is 5. The van der Waals surface area contributed by atoms with Gasteiger partial charge < -0.3 is 14.8 Å². The molecule has 1 N–H and O–H groups in total. The van der Waals surface area contributed by atoms with Crippen LogP contribution in [0.2, 0.25) is 0 Å². The summed E-state index contributed by atoms with van der Waals surface area (Å²) in [6, 6.07) is 16.0. The summed E-state index contributed by atoms with van der Waals surface area (Å²) in [6.45, 7) is 2.35. The van der Waals surface area contributed by atoms with E-state index in [1.54, 1.807) is 6.92 Å². The second-order valence-electron chi connectivity index (χ2n) is 7.02. The molecular formula is C23H23NO4. The zero-order chi connectivity index (χ0) is 19.5. The standard InChI is InChI=1S/C23H23NO4/c1-2-27-22(25)19-12-7-13-21(19)24-23(26)28-14-20-17-10-5-3-8-15(17)16-9-4-6-11-18(16)20/h3-11,13,19-21H,2,12,14H2,1H3,(H,24,26)/t19-,21+/m1/s1. The maximum absolute atomic E-state index is 12.4. The normalized spacial score (nSPS) is 19.8. The average molecular weight is 377 g/mol. The molecule has 144 valence electrons. The average Bonchev–Trinajstić information content (AvgIpc) is 3.29. The number of ether oxygens (including phenoxy) is 2. The van der Waals surface area contributed by atoms with Gasteiger partial charge in [-0.3, -0.25) is 4.79 Å². The summed E-state index contributed by atoms with van der Waals surface area (Å²) >= 11 is 0. The van der Waals surface area contributed by atoms with Gasteiger partial charge in [-0.15, -0.1) is 0 Å². The SMILES string of the molecule is CCOC(=O)[C@@H]1CC=C[C@@H]1NC(=O)OCC1c2ccccc2-c2ccccc21. The molecule has 0 bridgehead atoms. The smallest absolute Gasteiger partial charge is 0.407 e. The van der Waals surface area contributed by atoms with Crippen molar-refractivity contribution in [3.05, 3.63) is 71.8 Å². The number of nitrogens with one attached hydrogen (secondary N) is 1. The number of alkyl carbamates (subject to hydrolysis) is 1. The second kappa shape index (κ2) is 7.89. The highest BCUT2D eigenvalue weighted by atomic mass is 16.5. The molecule has 0 fully saturated rings. The van der Waals surface area contributed by atoms with Crippen molar-refractivity contribution in [2.24, 2.45) is 5.92 Å². The summed E-state index contributed by atoms with van der Waals surface area (Å²) in [5.41, 5.74) is 4.71. The molecule has 0 aliphatic heterocycles. The van der Waals surface area contributed by atoms with Crippen molar-refractivity contribution in [2.45, 2.75) is 25.3 Å². The number of hydrogen-bond acceptors (Lipinski definition) is 4. The highest BCUT2D eigenvalue weighted by Gasteiger charge is 2.33. The largest absolute Gasteiger partial charge is 0.466 e. The Balaban J connectivity index is 1.42. The van der Waals surface area contributed by atoms with Crippen LogP contribution in [-0.4, -0.2) is 31.3 Å². The summed E-state index contributed by atoms with van der Waals surface area (Å²) < 4.78 is 10.6. The second-order valence-corrected chi connectivity index (χ2v) is 7.02. The van der Waals surface area contributed by atoms with Crippen molar-refractivity contribution in [1.82, 2.24) is 5.32 Å². The van der Waals surface area contributed by atoms with Crippen LogP contribution < -0.4 is 5.32 Å². The van der Waals surface area contributed by atoms with E-state index in [0.717, 1.165) is 0 Å². The van der Waals surface area contributed by atoms with E-state index in [1.165, 1.54) is 22.3 Å². The zero-order valence-electron chi connectivity index (χ0n) is 15.8. The number of carbonyl (C=O) groups is 2. The van der Waals surface area contributed by atoms with Gasteiger partial charge in [-0.1, -0.05) is 60.7 Å². The van der Waals surface area contributed by atoms with Gasteiger partial charge in [-0.2, -0.15) is 0 Å². The molecule has 5 nitrogen and oxygen atoms in total.